The molecule has 0 radical (unpaired) electrons. The van der Waals surface area contributed by atoms with Crippen molar-refractivity contribution in [3.63, 3.8) is 0 Å². The Labute approximate surface area is 105 Å². The van der Waals surface area contributed by atoms with Crippen molar-refractivity contribution in [2.45, 2.75) is 32.0 Å². The Morgan fingerprint density at radius 2 is 1.83 bits per heavy atom. The predicted octanol–water partition coefficient (Wildman–Crippen LogP) is 3.35. The average molecular weight is 261 g/mol. The van der Waals surface area contributed by atoms with Crippen molar-refractivity contribution in [1.29, 1.82) is 0 Å². The maximum atomic E-state index is 11.8. The van der Waals surface area contributed by atoms with Crippen molar-refractivity contribution in [3.05, 3.63) is 35.4 Å². The molecule has 0 fully saturated rings. The van der Waals surface area contributed by atoms with E-state index in [1.54, 1.807) is 0 Å². The third kappa shape index (κ3) is 6.02. The SMILES string of the molecule is Cc1ccc(C(N)CCCOCC(F)(F)F)cc1. The first-order valence-corrected chi connectivity index (χ1v) is 5.85. The number of hydrogen-bond donors (Lipinski definition) is 1. The molecule has 0 heterocycles. The number of halogens is 3. The second-order valence-electron chi connectivity index (χ2n) is 4.33. The molecule has 2 nitrogen and oxygen atoms in total. The molecule has 0 spiro atoms. The van der Waals surface area contributed by atoms with E-state index < -0.39 is 12.8 Å². The van der Waals surface area contributed by atoms with Crippen molar-refractivity contribution in [2.24, 2.45) is 5.73 Å². The summed E-state index contributed by atoms with van der Waals surface area (Å²) in [7, 11) is 0. The first-order chi connectivity index (χ1) is 8.38. The van der Waals surface area contributed by atoms with E-state index in [4.69, 9.17) is 5.73 Å². The second-order valence-corrected chi connectivity index (χ2v) is 4.33. The third-order valence-electron chi connectivity index (χ3n) is 2.58. The van der Waals surface area contributed by atoms with Crippen molar-refractivity contribution in [2.75, 3.05) is 13.2 Å². The molecule has 1 aromatic carbocycles. The highest BCUT2D eigenvalue weighted by Crippen LogP contribution is 2.17. The van der Waals surface area contributed by atoms with Gasteiger partial charge in [0, 0.05) is 12.6 Å². The Balaban J connectivity index is 2.21. The monoisotopic (exact) mass is 261 g/mol. The summed E-state index contributed by atoms with van der Waals surface area (Å²) in [4.78, 5) is 0. The van der Waals surface area contributed by atoms with Gasteiger partial charge in [-0.25, -0.2) is 0 Å². The van der Waals surface area contributed by atoms with Crippen LogP contribution in [0.2, 0.25) is 0 Å². The standard InChI is InChI=1S/C13H18F3NO/c1-10-4-6-11(7-5-10)12(17)3-2-8-18-9-13(14,15)16/h4-7,12H,2-3,8-9,17H2,1H3. The van der Waals surface area contributed by atoms with Crippen LogP contribution < -0.4 is 5.73 Å². The molecule has 0 saturated heterocycles. The van der Waals surface area contributed by atoms with Crippen molar-refractivity contribution in [1.82, 2.24) is 0 Å². The van der Waals surface area contributed by atoms with Crippen molar-refractivity contribution < 1.29 is 17.9 Å². The third-order valence-corrected chi connectivity index (χ3v) is 2.58. The number of hydrogen-bond acceptors (Lipinski definition) is 2. The number of benzene rings is 1. The smallest absolute Gasteiger partial charge is 0.372 e. The van der Waals surface area contributed by atoms with Crippen LogP contribution in [-0.4, -0.2) is 19.4 Å². The van der Waals surface area contributed by atoms with Crippen LogP contribution in [-0.2, 0) is 4.74 Å². The van der Waals surface area contributed by atoms with Gasteiger partial charge in [-0.1, -0.05) is 29.8 Å². The van der Waals surface area contributed by atoms with E-state index in [-0.39, 0.29) is 12.6 Å². The minimum atomic E-state index is -4.25. The van der Waals surface area contributed by atoms with Gasteiger partial charge in [-0.05, 0) is 25.3 Å². The highest BCUT2D eigenvalue weighted by atomic mass is 19.4. The largest absolute Gasteiger partial charge is 0.411 e. The zero-order valence-electron chi connectivity index (χ0n) is 10.3. The highest BCUT2D eigenvalue weighted by molar-refractivity contribution is 5.23. The molecule has 1 unspecified atom stereocenters. The molecule has 0 aliphatic heterocycles. The molecule has 0 amide bonds. The average Bonchev–Trinajstić information content (AvgIpc) is 2.27. The maximum Gasteiger partial charge on any atom is 0.411 e. The Morgan fingerprint density at radius 1 is 1.22 bits per heavy atom. The number of aryl methyl sites for hydroxylation is 1. The quantitative estimate of drug-likeness (QED) is 0.797. The molecule has 1 atom stereocenters. The molecule has 102 valence electrons. The summed E-state index contributed by atoms with van der Waals surface area (Å²) in [6.45, 7) is 0.881. The lowest BCUT2D eigenvalue weighted by atomic mass is 10.0. The number of nitrogens with two attached hydrogens (primary N) is 1. The Hall–Kier alpha value is -1.07. The van der Waals surface area contributed by atoms with E-state index in [9.17, 15) is 13.2 Å². The van der Waals surface area contributed by atoms with Gasteiger partial charge in [0.1, 0.15) is 6.61 Å². The lowest BCUT2D eigenvalue weighted by molar-refractivity contribution is -0.174. The fourth-order valence-corrected chi connectivity index (χ4v) is 1.57. The Kier molecular flexibility index (Phi) is 5.62. The van der Waals surface area contributed by atoms with Gasteiger partial charge in [-0.15, -0.1) is 0 Å². The van der Waals surface area contributed by atoms with Gasteiger partial charge < -0.3 is 10.5 Å². The van der Waals surface area contributed by atoms with Crippen LogP contribution in [0, 0.1) is 6.92 Å². The molecule has 0 bridgehead atoms. The van der Waals surface area contributed by atoms with E-state index in [0.717, 1.165) is 11.1 Å². The molecule has 2 N–H and O–H groups in total. The van der Waals surface area contributed by atoms with E-state index in [1.807, 2.05) is 31.2 Å². The highest BCUT2D eigenvalue weighted by Gasteiger charge is 2.27. The molecule has 1 rings (SSSR count). The fraction of sp³-hybridized carbons (Fsp3) is 0.538. The van der Waals surface area contributed by atoms with Gasteiger partial charge in [0.25, 0.3) is 0 Å². The topological polar surface area (TPSA) is 35.2 Å². The van der Waals surface area contributed by atoms with Crippen LogP contribution in [0.5, 0.6) is 0 Å². The van der Waals surface area contributed by atoms with Crippen LogP contribution in [0.4, 0.5) is 13.2 Å². The van der Waals surface area contributed by atoms with Crippen molar-refractivity contribution >= 4 is 0 Å². The molecule has 0 aromatic heterocycles. The van der Waals surface area contributed by atoms with Crippen LogP contribution in [0.15, 0.2) is 24.3 Å². The van der Waals surface area contributed by atoms with Crippen LogP contribution in [0.25, 0.3) is 0 Å². The molecule has 18 heavy (non-hydrogen) atoms. The van der Waals surface area contributed by atoms with Gasteiger partial charge in [0.05, 0.1) is 0 Å². The summed E-state index contributed by atoms with van der Waals surface area (Å²) in [5.41, 5.74) is 8.08. The molecular formula is C13H18F3NO. The van der Waals surface area contributed by atoms with Gasteiger partial charge in [-0.2, -0.15) is 13.2 Å². The number of ether oxygens (including phenoxy) is 1. The van der Waals surface area contributed by atoms with Crippen LogP contribution >= 0.6 is 0 Å². The lowest BCUT2D eigenvalue weighted by Gasteiger charge is -2.13. The number of alkyl halides is 3. The maximum absolute atomic E-state index is 11.8. The summed E-state index contributed by atoms with van der Waals surface area (Å²) in [5, 5.41) is 0. The van der Waals surface area contributed by atoms with Gasteiger partial charge in [0.15, 0.2) is 0 Å². The summed E-state index contributed by atoms with van der Waals surface area (Å²) in [6.07, 6.45) is -3.12. The molecule has 0 aliphatic rings. The zero-order valence-corrected chi connectivity index (χ0v) is 10.3. The minimum absolute atomic E-state index is 0.0824. The van der Waals surface area contributed by atoms with Crippen LogP contribution in [0.3, 0.4) is 0 Å². The van der Waals surface area contributed by atoms with Gasteiger partial charge in [0.2, 0.25) is 0 Å². The second kappa shape index (κ2) is 6.75. The van der Waals surface area contributed by atoms with E-state index in [1.165, 1.54) is 0 Å². The summed E-state index contributed by atoms with van der Waals surface area (Å²) in [5.74, 6) is 0. The first kappa shape index (κ1) is 15.0. The molecular weight excluding hydrogens is 243 g/mol. The minimum Gasteiger partial charge on any atom is -0.372 e. The zero-order chi connectivity index (χ0) is 13.6. The summed E-state index contributed by atoms with van der Waals surface area (Å²) >= 11 is 0. The van der Waals surface area contributed by atoms with E-state index >= 15 is 0 Å². The fourth-order valence-electron chi connectivity index (χ4n) is 1.57. The van der Waals surface area contributed by atoms with Crippen LogP contribution in [0.1, 0.15) is 30.0 Å². The summed E-state index contributed by atoms with van der Waals surface area (Å²) in [6, 6.07) is 7.66. The summed E-state index contributed by atoms with van der Waals surface area (Å²) < 4.78 is 39.9. The Morgan fingerprint density at radius 3 is 2.39 bits per heavy atom. The predicted molar refractivity (Wildman–Crippen MR) is 64.2 cm³/mol. The lowest BCUT2D eigenvalue weighted by Crippen LogP contribution is -2.18. The molecule has 5 heteroatoms. The molecule has 0 saturated carbocycles. The van der Waals surface area contributed by atoms with Crippen molar-refractivity contribution in [3.8, 4) is 0 Å². The van der Waals surface area contributed by atoms with E-state index in [2.05, 4.69) is 4.74 Å². The Bertz CT molecular complexity index is 348. The molecule has 0 aliphatic carbocycles. The first-order valence-electron chi connectivity index (χ1n) is 5.85. The molecule has 1 aromatic rings. The van der Waals surface area contributed by atoms with E-state index in [0.29, 0.717) is 12.8 Å². The number of rotatable bonds is 6. The van der Waals surface area contributed by atoms with Gasteiger partial charge in [-0.3, -0.25) is 0 Å². The normalized spacial score (nSPS) is 13.6. The van der Waals surface area contributed by atoms with Gasteiger partial charge >= 0.3 is 6.18 Å².